The van der Waals surface area contributed by atoms with Crippen molar-refractivity contribution in [3.63, 3.8) is 0 Å². The predicted octanol–water partition coefficient (Wildman–Crippen LogP) is 4.52. The Bertz CT molecular complexity index is 2090. The van der Waals surface area contributed by atoms with Gasteiger partial charge in [0, 0.05) is 79.6 Å². The van der Waals surface area contributed by atoms with Crippen LogP contribution in [-0.2, 0) is 29.2 Å². The van der Waals surface area contributed by atoms with E-state index in [1.54, 1.807) is 9.42 Å². The van der Waals surface area contributed by atoms with Crippen LogP contribution < -0.4 is 21.3 Å². The summed E-state index contributed by atoms with van der Waals surface area (Å²) in [5.41, 5.74) is 6.01. The van der Waals surface area contributed by atoms with Crippen molar-refractivity contribution in [3.8, 4) is 0 Å². The van der Waals surface area contributed by atoms with Gasteiger partial charge in [0.05, 0.1) is 18.8 Å². The molecule has 2 fully saturated rings. The number of piperidine rings is 1. The standard InChI is InChI=1S/C39H47BrN10O5/c1-4-27(22-51)43-33-17-34(50-36(45-33)30(19-42-50)23(2)3)41-18-24-5-7-28(8-6-24)44-39(55)48-13-11-47(12-14-48)20-26-15-25-21-49(38(54)29(25)16-31(26)40)32-9-10-35(52)46-37(32)53/h5-8,15-17,19,23,27,32,41,51H,4,9-14,18,20-22H2,1-3H3,(H,43,45)(H,44,55)(H,46,52,53)/t27-,32?/m0/s1. The number of imide groups is 1. The van der Waals surface area contributed by atoms with Gasteiger partial charge in [-0.15, -0.1) is 0 Å². The zero-order chi connectivity index (χ0) is 38.8. The van der Waals surface area contributed by atoms with Crippen molar-refractivity contribution in [2.45, 2.75) is 77.7 Å². The number of urea groups is 1. The number of aromatic nitrogens is 3. The number of piperazine rings is 1. The highest BCUT2D eigenvalue weighted by Crippen LogP contribution is 2.33. The van der Waals surface area contributed by atoms with E-state index in [-0.39, 0.29) is 42.8 Å². The van der Waals surface area contributed by atoms with E-state index in [4.69, 9.17) is 4.98 Å². The molecule has 5 heterocycles. The summed E-state index contributed by atoms with van der Waals surface area (Å²) in [6.45, 7) is 10.3. The molecule has 15 nitrogen and oxygen atoms in total. The van der Waals surface area contributed by atoms with Gasteiger partial charge in [-0.3, -0.25) is 24.6 Å². The molecule has 16 heteroatoms. The van der Waals surface area contributed by atoms with Gasteiger partial charge < -0.3 is 30.9 Å². The fourth-order valence-electron chi connectivity index (χ4n) is 7.29. The lowest BCUT2D eigenvalue weighted by atomic mass is 10.0. The van der Waals surface area contributed by atoms with Crippen LogP contribution in [0.3, 0.4) is 0 Å². The van der Waals surface area contributed by atoms with Gasteiger partial charge in [0.15, 0.2) is 5.65 Å². The third kappa shape index (κ3) is 8.31. The largest absolute Gasteiger partial charge is 0.394 e. The molecule has 2 aromatic carbocycles. The van der Waals surface area contributed by atoms with E-state index in [9.17, 15) is 24.3 Å². The molecule has 0 spiro atoms. The van der Waals surface area contributed by atoms with Crippen molar-refractivity contribution in [1.82, 2.24) is 34.6 Å². The molecule has 1 unspecified atom stereocenters. The minimum atomic E-state index is -0.650. The first kappa shape index (κ1) is 38.2. The summed E-state index contributed by atoms with van der Waals surface area (Å²) < 4.78 is 2.63. The maximum atomic E-state index is 13.2. The number of aliphatic hydroxyl groups is 1. The van der Waals surface area contributed by atoms with Crippen LogP contribution in [0.2, 0.25) is 0 Å². The zero-order valence-corrected chi connectivity index (χ0v) is 32.9. The first-order valence-electron chi connectivity index (χ1n) is 18.8. The van der Waals surface area contributed by atoms with Gasteiger partial charge >= 0.3 is 6.03 Å². The summed E-state index contributed by atoms with van der Waals surface area (Å²) in [4.78, 5) is 60.9. The molecule has 5 N–H and O–H groups in total. The van der Waals surface area contributed by atoms with Crippen LogP contribution in [0.15, 0.2) is 53.1 Å². The van der Waals surface area contributed by atoms with Crippen LogP contribution >= 0.6 is 15.9 Å². The Morgan fingerprint density at radius 2 is 1.84 bits per heavy atom. The molecule has 3 aliphatic heterocycles. The molecule has 3 aliphatic rings. The lowest BCUT2D eigenvalue weighted by Gasteiger charge is -2.35. The number of fused-ring (bicyclic) bond motifs is 2. The van der Waals surface area contributed by atoms with Gasteiger partial charge in [-0.1, -0.05) is 54.9 Å². The number of aliphatic hydroxyl groups excluding tert-OH is 1. The molecule has 2 aromatic heterocycles. The average molecular weight is 816 g/mol. The Balaban J connectivity index is 0.912. The number of halogens is 1. The molecule has 0 bridgehead atoms. The molecular weight excluding hydrogens is 768 g/mol. The highest BCUT2D eigenvalue weighted by atomic mass is 79.9. The van der Waals surface area contributed by atoms with E-state index in [0.29, 0.717) is 69.3 Å². The minimum Gasteiger partial charge on any atom is -0.394 e. The van der Waals surface area contributed by atoms with Crippen molar-refractivity contribution in [3.05, 3.63) is 81.0 Å². The number of benzene rings is 2. The highest BCUT2D eigenvalue weighted by Gasteiger charge is 2.39. The van der Waals surface area contributed by atoms with Crippen LogP contribution in [0.1, 0.15) is 78.6 Å². The van der Waals surface area contributed by atoms with E-state index < -0.39 is 11.9 Å². The second-order valence-corrected chi connectivity index (χ2v) is 15.5. The normalized spacial score (nSPS) is 18.1. The number of anilines is 3. The third-order valence-corrected chi connectivity index (χ3v) is 11.3. The number of nitrogens with one attached hydrogen (secondary N) is 4. The van der Waals surface area contributed by atoms with Gasteiger partial charge in [0.1, 0.15) is 17.7 Å². The first-order chi connectivity index (χ1) is 26.5. The van der Waals surface area contributed by atoms with Gasteiger partial charge in [0.2, 0.25) is 11.8 Å². The number of carbonyl (C=O) groups excluding carboxylic acids is 4. The van der Waals surface area contributed by atoms with Gasteiger partial charge in [-0.25, -0.2) is 9.78 Å². The molecule has 4 aromatic rings. The Morgan fingerprint density at radius 3 is 2.53 bits per heavy atom. The van der Waals surface area contributed by atoms with Crippen LogP contribution in [0.25, 0.3) is 5.65 Å². The quantitative estimate of drug-likeness (QED) is 0.128. The highest BCUT2D eigenvalue weighted by molar-refractivity contribution is 9.10. The fraction of sp³-hybridized carbons (Fsp3) is 0.436. The van der Waals surface area contributed by atoms with E-state index in [1.165, 1.54) is 0 Å². The maximum absolute atomic E-state index is 13.2. The second kappa shape index (κ2) is 16.4. The van der Waals surface area contributed by atoms with Crippen LogP contribution in [0.5, 0.6) is 0 Å². The van der Waals surface area contributed by atoms with Crippen LogP contribution in [0, 0.1) is 0 Å². The Hall–Kier alpha value is -5.06. The molecule has 0 aliphatic carbocycles. The second-order valence-electron chi connectivity index (χ2n) is 14.7. The van der Waals surface area contributed by atoms with E-state index in [2.05, 4.69) is 61.0 Å². The first-order valence-corrected chi connectivity index (χ1v) is 19.6. The number of rotatable bonds is 12. The van der Waals surface area contributed by atoms with E-state index in [1.807, 2.05) is 60.5 Å². The molecule has 290 valence electrons. The summed E-state index contributed by atoms with van der Waals surface area (Å²) in [7, 11) is 0. The summed E-state index contributed by atoms with van der Waals surface area (Å²) in [6, 6.07) is 12.6. The third-order valence-electron chi connectivity index (χ3n) is 10.6. The maximum Gasteiger partial charge on any atom is 0.321 e. The zero-order valence-electron chi connectivity index (χ0n) is 31.3. The molecule has 0 radical (unpaired) electrons. The SMILES string of the molecule is CC[C@@H](CO)Nc1cc(NCc2ccc(NC(=O)N3CCN(Cc4cc5c(cc4Br)C(=O)N(C4CCC(=O)NC4=O)C5)CC3)cc2)n2ncc(C(C)C)c2n1. The van der Waals surface area contributed by atoms with Gasteiger partial charge in [-0.05, 0) is 53.6 Å². The Labute approximate surface area is 328 Å². The lowest BCUT2D eigenvalue weighted by Crippen LogP contribution is -2.52. The van der Waals surface area contributed by atoms with Crippen molar-refractivity contribution >= 4 is 62.7 Å². The number of hydrogen-bond donors (Lipinski definition) is 5. The molecule has 5 amide bonds. The van der Waals surface area contributed by atoms with Crippen LogP contribution in [0.4, 0.5) is 22.1 Å². The minimum absolute atomic E-state index is 0.0114. The van der Waals surface area contributed by atoms with Crippen molar-refractivity contribution in [2.24, 2.45) is 0 Å². The summed E-state index contributed by atoms with van der Waals surface area (Å²) in [5.74, 6) is 0.768. The molecule has 7 rings (SSSR count). The van der Waals surface area contributed by atoms with Gasteiger partial charge in [-0.2, -0.15) is 9.61 Å². The molecule has 0 saturated carbocycles. The monoisotopic (exact) mass is 814 g/mol. The summed E-state index contributed by atoms with van der Waals surface area (Å²) in [5, 5.41) is 26.5. The molecular formula is C39H47BrN10O5. The van der Waals surface area contributed by atoms with E-state index in [0.717, 1.165) is 44.6 Å². The number of carbonyl (C=O) groups is 4. The fourth-order valence-corrected chi connectivity index (χ4v) is 7.75. The van der Waals surface area contributed by atoms with Gasteiger partial charge in [0.25, 0.3) is 5.91 Å². The number of amides is 5. The van der Waals surface area contributed by atoms with Crippen molar-refractivity contribution in [1.29, 1.82) is 0 Å². The van der Waals surface area contributed by atoms with Crippen molar-refractivity contribution < 1.29 is 24.3 Å². The molecule has 2 atom stereocenters. The average Bonchev–Trinajstić information content (AvgIpc) is 3.74. The van der Waals surface area contributed by atoms with E-state index >= 15 is 0 Å². The lowest BCUT2D eigenvalue weighted by molar-refractivity contribution is -0.136. The predicted molar refractivity (Wildman–Crippen MR) is 212 cm³/mol. The molecule has 2 saturated heterocycles. The number of hydrogen-bond acceptors (Lipinski definition) is 10. The summed E-state index contributed by atoms with van der Waals surface area (Å²) >= 11 is 3.65. The Morgan fingerprint density at radius 1 is 1.07 bits per heavy atom. The summed E-state index contributed by atoms with van der Waals surface area (Å²) in [6.07, 6.45) is 3.15. The molecule has 55 heavy (non-hydrogen) atoms. The van der Waals surface area contributed by atoms with Crippen molar-refractivity contribution in [2.75, 3.05) is 48.7 Å². The van der Waals surface area contributed by atoms with Crippen LogP contribution in [-0.4, -0.2) is 103 Å². The topological polar surface area (TPSA) is 177 Å². The Kier molecular flexibility index (Phi) is 11.4. The smallest absolute Gasteiger partial charge is 0.321 e. The number of nitrogens with zero attached hydrogens (tertiary/aromatic N) is 6.